The van der Waals surface area contributed by atoms with Crippen molar-refractivity contribution in [3.8, 4) is 5.75 Å². The number of amides is 2. The number of ether oxygens (including phenoxy) is 1. The molecule has 0 atom stereocenters. The van der Waals surface area contributed by atoms with Crippen molar-refractivity contribution in [2.45, 2.75) is 33.1 Å². The third-order valence-electron chi connectivity index (χ3n) is 5.48. The Bertz CT molecular complexity index is 1220. The smallest absolute Gasteiger partial charge is 0.291 e. The number of hydrogen-bond acceptors (Lipinski definition) is 5. The van der Waals surface area contributed by atoms with E-state index in [4.69, 9.17) is 20.8 Å². The van der Waals surface area contributed by atoms with Gasteiger partial charge in [-0.2, -0.15) is 5.10 Å². The predicted octanol–water partition coefficient (Wildman–Crippen LogP) is 5.04. The van der Waals surface area contributed by atoms with Gasteiger partial charge in [-0.3, -0.25) is 9.59 Å². The van der Waals surface area contributed by atoms with Crippen LogP contribution in [0.3, 0.4) is 0 Å². The van der Waals surface area contributed by atoms with E-state index in [0.717, 1.165) is 17.5 Å². The molecule has 4 rings (SSSR count). The van der Waals surface area contributed by atoms with Crippen molar-refractivity contribution in [1.82, 2.24) is 5.43 Å². The fraction of sp³-hybridized carbons (Fsp3) is 0.240. The Labute approximate surface area is 196 Å². The highest BCUT2D eigenvalue weighted by molar-refractivity contribution is 6.31. The molecule has 0 fully saturated rings. The molecule has 170 valence electrons. The molecule has 1 aliphatic rings. The molecule has 2 N–H and O–H groups in total. The zero-order valence-electron chi connectivity index (χ0n) is 18.4. The highest BCUT2D eigenvalue weighted by Gasteiger charge is 2.28. The van der Waals surface area contributed by atoms with Gasteiger partial charge in [-0.1, -0.05) is 35.9 Å². The van der Waals surface area contributed by atoms with Crippen LogP contribution in [0, 0.1) is 13.8 Å². The number of hydrazone groups is 1. The van der Waals surface area contributed by atoms with E-state index in [1.807, 2.05) is 32.0 Å². The maximum absolute atomic E-state index is 12.9. The number of rotatable bonds is 6. The molecule has 1 heterocycles. The predicted molar refractivity (Wildman–Crippen MR) is 127 cm³/mol. The summed E-state index contributed by atoms with van der Waals surface area (Å²) in [5.74, 6) is 0.811. The molecule has 1 aromatic heterocycles. The number of carbonyl (C=O) groups excluding carboxylic acids is 2. The Morgan fingerprint density at radius 2 is 1.85 bits per heavy atom. The van der Waals surface area contributed by atoms with Gasteiger partial charge in [0.05, 0.1) is 5.71 Å². The van der Waals surface area contributed by atoms with Crippen molar-refractivity contribution >= 4 is 34.8 Å². The lowest BCUT2D eigenvalue weighted by Gasteiger charge is -2.13. The number of aryl methyl sites for hydroxylation is 1. The first-order chi connectivity index (χ1) is 15.9. The lowest BCUT2D eigenvalue weighted by atomic mass is 9.93. The lowest BCUT2D eigenvalue weighted by Crippen LogP contribution is -2.27. The summed E-state index contributed by atoms with van der Waals surface area (Å²) in [5, 5.41) is 7.75. The van der Waals surface area contributed by atoms with E-state index in [9.17, 15) is 9.59 Å². The summed E-state index contributed by atoms with van der Waals surface area (Å²) >= 11 is 6.16. The number of nitrogens with zero attached hydrogens (tertiary/aromatic N) is 1. The number of anilines is 1. The van der Waals surface area contributed by atoms with Crippen LogP contribution in [0.4, 0.5) is 5.69 Å². The van der Waals surface area contributed by atoms with Crippen LogP contribution in [0.2, 0.25) is 5.02 Å². The van der Waals surface area contributed by atoms with Crippen LogP contribution >= 0.6 is 11.6 Å². The molecule has 33 heavy (non-hydrogen) atoms. The molecular formula is C25H24ClN3O4. The maximum atomic E-state index is 12.9. The highest BCUT2D eigenvalue weighted by atomic mass is 35.5. The quantitative estimate of drug-likeness (QED) is 0.499. The van der Waals surface area contributed by atoms with Gasteiger partial charge in [-0.15, -0.1) is 0 Å². The van der Waals surface area contributed by atoms with Crippen LogP contribution in [-0.4, -0.2) is 24.1 Å². The van der Waals surface area contributed by atoms with Crippen molar-refractivity contribution in [3.63, 3.8) is 0 Å². The summed E-state index contributed by atoms with van der Waals surface area (Å²) in [6.07, 6.45) is 2.18. The van der Waals surface area contributed by atoms with Gasteiger partial charge in [0.25, 0.3) is 11.8 Å². The first kappa shape index (κ1) is 22.6. The van der Waals surface area contributed by atoms with Crippen molar-refractivity contribution in [1.29, 1.82) is 0 Å². The van der Waals surface area contributed by atoms with Crippen molar-refractivity contribution in [3.05, 3.63) is 81.8 Å². The molecule has 0 saturated heterocycles. The number of halogens is 1. The van der Waals surface area contributed by atoms with E-state index < -0.39 is 0 Å². The topological polar surface area (TPSA) is 92.9 Å². The van der Waals surface area contributed by atoms with E-state index in [0.29, 0.717) is 46.3 Å². The number of carbonyl (C=O) groups is 2. The van der Waals surface area contributed by atoms with Crippen LogP contribution in [-0.2, 0) is 11.2 Å². The van der Waals surface area contributed by atoms with E-state index in [2.05, 4.69) is 15.8 Å². The normalized spacial score (nSPS) is 14.0. The van der Waals surface area contributed by atoms with Gasteiger partial charge in [0.15, 0.2) is 12.4 Å². The molecule has 7 nitrogen and oxygen atoms in total. The van der Waals surface area contributed by atoms with Gasteiger partial charge >= 0.3 is 0 Å². The number of fused-ring (bicyclic) bond motifs is 1. The maximum Gasteiger partial charge on any atom is 0.291 e. The standard InChI is InChI=1S/C25H24ClN3O4/c1-15-18(26)10-6-11-19(15)27-25(31)24-16(2)23-20(12-7-13-21(23)33-24)28-29-22(30)14-32-17-8-4-3-5-9-17/h3-6,8-11H,7,12-14H2,1-2H3,(H,27,31)(H,29,30)/b28-20+. The Morgan fingerprint density at radius 3 is 2.64 bits per heavy atom. The average Bonchev–Trinajstić information content (AvgIpc) is 3.17. The molecule has 0 unspecified atom stereocenters. The number of benzene rings is 2. The molecule has 8 heteroatoms. The van der Waals surface area contributed by atoms with Crippen LogP contribution in [0.1, 0.15) is 45.8 Å². The summed E-state index contributed by atoms with van der Waals surface area (Å²) in [4.78, 5) is 25.1. The first-order valence-corrected chi connectivity index (χ1v) is 11.0. The van der Waals surface area contributed by atoms with Gasteiger partial charge in [-0.05, 0) is 56.5 Å². The van der Waals surface area contributed by atoms with Gasteiger partial charge in [0.1, 0.15) is 11.5 Å². The van der Waals surface area contributed by atoms with E-state index >= 15 is 0 Å². The second-order valence-corrected chi connectivity index (χ2v) is 8.18. The number of nitrogens with one attached hydrogen (secondary N) is 2. The minimum atomic E-state index is -0.367. The summed E-state index contributed by atoms with van der Waals surface area (Å²) in [5.41, 5.74) is 6.11. The van der Waals surface area contributed by atoms with E-state index in [1.165, 1.54) is 0 Å². The number of hydrogen-bond donors (Lipinski definition) is 2. The van der Waals surface area contributed by atoms with Crippen LogP contribution in [0.25, 0.3) is 0 Å². The molecule has 0 aliphatic heterocycles. The van der Waals surface area contributed by atoms with Crippen molar-refractivity contribution in [2.24, 2.45) is 5.10 Å². The summed E-state index contributed by atoms with van der Waals surface area (Å²) in [7, 11) is 0. The highest BCUT2D eigenvalue weighted by Crippen LogP contribution is 2.31. The third kappa shape index (κ3) is 5.09. The number of para-hydroxylation sites is 1. The second kappa shape index (κ2) is 9.92. The fourth-order valence-corrected chi connectivity index (χ4v) is 3.92. The fourth-order valence-electron chi connectivity index (χ4n) is 3.75. The molecular weight excluding hydrogens is 442 g/mol. The van der Waals surface area contributed by atoms with E-state index in [1.54, 1.807) is 30.3 Å². The van der Waals surface area contributed by atoms with Crippen molar-refractivity contribution in [2.75, 3.05) is 11.9 Å². The molecule has 0 spiro atoms. The Balaban J connectivity index is 1.48. The van der Waals surface area contributed by atoms with Gasteiger partial charge in [-0.25, -0.2) is 5.43 Å². The Hall–Kier alpha value is -3.58. The molecule has 0 saturated carbocycles. The van der Waals surface area contributed by atoms with Gasteiger partial charge < -0.3 is 14.5 Å². The van der Waals surface area contributed by atoms with Crippen LogP contribution < -0.4 is 15.5 Å². The van der Waals surface area contributed by atoms with Crippen molar-refractivity contribution < 1.29 is 18.7 Å². The van der Waals surface area contributed by atoms with Crippen LogP contribution in [0.5, 0.6) is 5.75 Å². The molecule has 1 aliphatic carbocycles. The van der Waals surface area contributed by atoms with Crippen LogP contribution in [0.15, 0.2) is 58.0 Å². The van der Waals surface area contributed by atoms with Gasteiger partial charge in [0.2, 0.25) is 0 Å². The lowest BCUT2D eigenvalue weighted by molar-refractivity contribution is -0.123. The minimum absolute atomic E-state index is 0.148. The summed E-state index contributed by atoms with van der Waals surface area (Å²) in [6, 6.07) is 14.4. The van der Waals surface area contributed by atoms with Gasteiger partial charge in [0, 0.05) is 28.3 Å². The molecule has 3 aromatic rings. The largest absolute Gasteiger partial charge is 0.484 e. The molecule has 2 aromatic carbocycles. The SMILES string of the molecule is Cc1c(Cl)cccc1NC(=O)c1oc2c(c1C)/C(=N/NC(=O)COc1ccccc1)CCC2. The summed E-state index contributed by atoms with van der Waals surface area (Å²) < 4.78 is 11.4. The number of furan rings is 1. The minimum Gasteiger partial charge on any atom is -0.484 e. The first-order valence-electron chi connectivity index (χ1n) is 10.7. The zero-order valence-corrected chi connectivity index (χ0v) is 19.2. The monoisotopic (exact) mass is 465 g/mol. The summed E-state index contributed by atoms with van der Waals surface area (Å²) in [6.45, 7) is 3.51. The van der Waals surface area contributed by atoms with E-state index in [-0.39, 0.29) is 24.2 Å². The molecule has 2 amide bonds. The second-order valence-electron chi connectivity index (χ2n) is 7.77. The third-order valence-corrected chi connectivity index (χ3v) is 5.89. The molecule has 0 radical (unpaired) electrons. The average molecular weight is 466 g/mol. The Kier molecular flexibility index (Phi) is 6.79. The molecule has 0 bridgehead atoms. The Morgan fingerprint density at radius 1 is 1.06 bits per heavy atom. The zero-order chi connectivity index (χ0) is 23.4.